The van der Waals surface area contributed by atoms with Crippen LogP contribution in [0.3, 0.4) is 0 Å². The SMILES string of the molecule is CC(=O)Nc1ccc(C(=O)NN=C(C)c2ccc(O)cc2)cc1. The predicted octanol–water partition coefficient (Wildman–Crippen LogP) is 2.50. The van der Waals surface area contributed by atoms with Crippen LogP contribution in [0, 0.1) is 0 Å². The van der Waals surface area contributed by atoms with Gasteiger partial charge in [0.05, 0.1) is 5.71 Å². The Kier molecular flexibility index (Phi) is 5.09. The molecule has 2 aromatic rings. The fraction of sp³-hybridized carbons (Fsp3) is 0.118. The molecule has 2 rings (SSSR count). The zero-order chi connectivity index (χ0) is 16.8. The monoisotopic (exact) mass is 311 g/mol. The maximum absolute atomic E-state index is 12.0. The maximum Gasteiger partial charge on any atom is 0.271 e. The summed E-state index contributed by atoms with van der Waals surface area (Å²) >= 11 is 0. The molecule has 118 valence electrons. The lowest BCUT2D eigenvalue weighted by Crippen LogP contribution is -2.19. The van der Waals surface area contributed by atoms with Gasteiger partial charge in [-0.1, -0.05) is 0 Å². The second-order valence-corrected chi connectivity index (χ2v) is 4.94. The van der Waals surface area contributed by atoms with E-state index in [1.54, 1.807) is 55.5 Å². The Labute approximate surface area is 133 Å². The average Bonchev–Trinajstić information content (AvgIpc) is 2.53. The van der Waals surface area contributed by atoms with Crippen molar-refractivity contribution >= 4 is 23.2 Å². The molecule has 0 aliphatic heterocycles. The van der Waals surface area contributed by atoms with Crippen LogP contribution in [0.15, 0.2) is 53.6 Å². The van der Waals surface area contributed by atoms with Crippen molar-refractivity contribution in [1.82, 2.24) is 5.43 Å². The molecule has 6 nitrogen and oxygen atoms in total. The predicted molar refractivity (Wildman–Crippen MR) is 88.5 cm³/mol. The highest BCUT2D eigenvalue weighted by Crippen LogP contribution is 2.11. The van der Waals surface area contributed by atoms with E-state index < -0.39 is 0 Å². The van der Waals surface area contributed by atoms with E-state index in [0.717, 1.165) is 5.56 Å². The normalized spacial score (nSPS) is 11.0. The van der Waals surface area contributed by atoms with E-state index in [1.807, 2.05) is 0 Å². The molecule has 0 unspecified atom stereocenters. The molecule has 23 heavy (non-hydrogen) atoms. The van der Waals surface area contributed by atoms with Crippen LogP contribution in [0.1, 0.15) is 29.8 Å². The summed E-state index contributed by atoms with van der Waals surface area (Å²) < 4.78 is 0. The zero-order valence-electron chi connectivity index (χ0n) is 12.8. The second kappa shape index (κ2) is 7.22. The Bertz CT molecular complexity index is 735. The molecule has 0 saturated heterocycles. The third-order valence-electron chi connectivity index (χ3n) is 3.08. The standard InChI is InChI=1S/C17H17N3O3/c1-11(13-5-9-16(22)10-6-13)19-20-17(23)14-3-7-15(8-4-14)18-12(2)21/h3-10,22H,1-2H3,(H,18,21)(H,20,23). The first-order chi connectivity index (χ1) is 11.0. The summed E-state index contributed by atoms with van der Waals surface area (Å²) in [4.78, 5) is 23.0. The molecule has 0 saturated carbocycles. The van der Waals surface area contributed by atoms with Gasteiger partial charge in [-0.2, -0.15) is 5.10 Å². The number of nitrogens with zero attached hydrogens (tertiary/aromatic N) is 1. The number of hydrogen-bond donors (Lipinski definition) is 3. The van der Waals surface area contributed by atoms with E-state index in [4.69, 9.17) is 0 Å². The third kappa shape index (κ3) is 4.67. The fourth-order valence-corrected chi connectivity index (χ4v) is 1.87. The quantitative estimate of drug-likeness (QED) is 0.598. The van der Waals surface area contributed by atoms with Gasteiger partial charge in [-0.15, -0.1) is 0 Å². The summed E-state index contributed by atoms with van der Waals surface area (Å²) in [5, 5.41) is 15.9. The van der Waals surface area contributed by atoms with Gasteiger partial charge in [0.1, 0.15) is 5.75 Å². The molecule has 2 amide bonds. The largest absolute Gasteiger partial charge is 0.508 e. The average molecular weight is 311 g/mol. The van der Waals surface area contributed by atoms with Crippen LogP contribution in [-0.4, -0.2) is 22.6 Å². The summed E-state index contributed by atoms with van der Waals surface area (Å²) in [7, 11) is 0. The highest BCUT2D eigenvalue weighted by molar-refractivity contribution is 6.01. The van der Waals surface area contributed by atoms with Crippen LogP contribution in [0.25, 0.3) is 0 Å². The van der Waals surface area contributed by atoms with Crippen LogP contribution < -0.4 is 10.7 Å². The van der Waals surface area contributed by atoms with Crippen LogP contribution in [-0.2, 0) is 4.79 Å². The number of carbonyl (C=O) groups excluding carboxylic acids is 2. The number of anilines is 1. The number of benzene rings is 2. The van der Waals surface area contributed by atoms with Crippen molar-refractivity contribution in [2.45, 2.75) is 13.8 Å². The van der Waals surface area contributed by atoms with Crippen LogP contribution in [0.2, 0.25) is 0 Å². The molecular weight excluding hydrogens is 294 g/mol. The van der Waals surface area contributed by atoms with Gasteiger partial charge in [-0.3, -0.25) is 9.59 Å². The van der Waals surface area contributed by atoms with Gasteiger partial charge < -0.3 is 10.4 Å². The number of amides is 2. The molecule has 3 N–H and O–H groups in total. The van der Waals surface area contributed by atoms with Crippen molar-refractivity contribution in [2.24, 2.45) is 5.10 Å². The smallest absolute Gasteiger partial charge is 0.271 e. The van der Waals surface area contributed by atoms with Gasteiger partial charge >= 0.3 is 0 Å². The van der Waals surface area contributed by atoms with E-state index in [0.29, 0.717) is 17.0 Å². The number of phenolic OH excluding ortho intramolecular Hbond substituents is 1. The number of rotatable bonds is 4. The number of hydrazone groups is 1. The number of nitrogens with one attached hydrogen (secondary N) is 2. The molecule has 6 heteroatoms. The molecule has 2 aromatic carbocycles. The number of carbonyl (C=O) groups is 2. The minimum absolute atomic E-state index is 0.170. The van der Waals surface area contributed by atoms with Crippen LogP contribution in [0.4, 0.5) is 5.69 Å². The van der Waals surface area contributed by atoms with Crippen molar-refractivity contribution < 1.29 is 14.7 Å². The molecule has 0 aromatic heterocycles. The molecule has 0 radical (unpaired) electrons. The topological polar surface area (TPSA) is 90.8 Å². The van der Waals surface area contributed by atoms with E-state index in [9.17, 15) is 14.7 Å². The molecule has 0 heterocycles. The van der Waals surface area contributed by atoms with Crippen molar-refractivity contribution in [3.8, 4) is 5.75 Å². The number of phenols is 1. The Morgan fingerprint density at radius 3 is 2.04 bits per heavy atom. The molecule has 0 bridgehead atoms. The summed E-state index contributed by atoms with van der Waals surface area (Å²) in [6, 6.07) is 13.0. The summed E-state index contributed by atoms with van der Waals surface area (Å²) in [6.45, 7) is 3.17. The van der Waals surface area contributed by atoms with E-state index in [-0.39, 0.29) is 17.6 Å². The Morgan fingerprint density at radius 1 is 0.913 bits per heavy atom. The highest BCUT2D eigenvalue weighted by Gasteiger charge is 2.05. The first-order valence-electron chi connectivity index (χ1n) is 6.97. The molecule has 0 atom stereocenters. The van der Waals surface area contributed by atoms with Gasteiger partial charge in [0.2, 0.25) is 5.91 Å². The second-order valence-electron chi connectivity index (χ2n) is 4.94. The van der Waals surface area contributed by atoms with Crippen LogP contribution >= 0.6 is 0 Å². The third-order valence-corrected chi connectivity index (χ3v) is 3.08. The summed E-state index contributed by atoms with van der Waals surface area (Å²) in [5.74, 6) is -0.348. The Hall–Kier alpha value is -3.15. The Balaban J connectivity index is 2.02. The van der Waals surface area contributed by atoms with Crippen molar-refractivity contribution in [1.29, 1.82) is 0 Å². The van der Waals surface area contributed by atoms with Crippen molar-refractivity contribution in [2.75, 3.05) is 5.32 Å². The van der Waals surface area contributed by atoms with E-state index >= 15 is 0 Å². The fourth-order valence-electron chi connectivity index (χ4n) is 1.87. The Morgan fingerprint density at radius 2 is 1.48 bits per heavy atom. The summed E-state index contributed by atoms with van der Waals surface area (Å²) in [5.41, 5.74) is 4.94. The van der Waals surface area contributed by atoms with E-state index in [1.165, 1.54) is 6.92 Å². The lowest BCUT2D eigenvalue weighted by Gasteiger charge is -2.05. The molecule has 0 aliphatic rings. The molecule has 0 fully saturated rings. The zero-order valence-corrected chi connectivity index (χ0v) is 12.8. The van der Waals surface area contributed by atoms with Gasteiger partial charge in [-0.05, 0) is 61.0 Å². The van der Waals surface area contributed by atoms with Gasteiger partial charge in [-0.25, -0.2) is 5.43 Å². The maximum atomic E-state index is 12.0. The first-order valence-corrected chi connectivity index (χ1v) is 6.97. The van der Waals surface area contributed by atoms with E-state index in [2.05, 4.69) is 15.8 Å². The van der Waals surface area contributed by atoms with Gasteiger partial charge in [0.15, 0.2) is 0 Å². The van der Waals surface area contributed by atoms with Crippen molar-refractivity contribution in [3.05, 3.63) is 59.7 Å². The number of aromatic hydroxyl groups is 1. The minimum atomic E-state index is -0.350. The molecule has 0 aliphatic carbocycles. The lowest BCUT2D eigenvalue weighted by molar-refractivity contribution is -0.114. The van der Waals surface area contributed by atoms with Crippen molar-refractivity contribution in [3.63, 3.8) is 0 Å². The van der Waals surface area contributed by atoms with Gasteiger partial charge in [0, 0.05) is 18.2 Å². The minimum Gasteiger partial charge on any atom is -0.508 e. The summed E-state index contributed by atoms with van der Waals surface area (Å²) in [6.07, 6.45) is 0. The van der Waals surface area contributed by atoms with Crippen LogP contribution in [0.5, 0.6) is 5.75 Å². The molecule has 0 spiro atoms. The number of hydrogen-bond acceptors (Lipinski definition) is 4. The molecular formula is C17H17N3O3. The first kappa shape index (κ1) is 16.2. The lowest BCUT2D eigenvalue weighted by atomic mass is 10.1. The highest BCUT2D eigenvalue weighted by atomic mass is 16.3. The van der Waals surface area contributed by atoms with Gasteiger partial charge in [0.25, 0.3) is 5.91 Å².